The average Bonchev–Trinajstić information content (AvgIpc) is 2.99. The van der Waals surface area contributed by atoms with Gasteiger partial charge in [0.2, 0.25) is 11.7 Å². The lowest BCUT2D eigenvalue weighted by molar-refractivity contribution is -0.121. The van der Waals surface area contributed by atoms with Crippen LogP contribution >= 0.6 is 0 Å². The summed E-state index contributed by atoms with van der Waals surface area (Å²) in [7, 11) is 4.34. The second-order valence-corrected chi connectivity index (χ2v) is 10.7. The summed E-state index contributed by atoms with van der Waals surface area (Å²) in [5.41, 5.74) is 0.470. The minimum atomic E-state index is -0.976. The van der Waals surface area contributed by atoms with Gasteiger partial charge in [-0.1, -0.05) is 12.2 Å². The van der Waals surface area contributed by atoms with Crippen molar-refractivity contribution in [3.8, 4) is 28.7 Å². The highest BCUT2D eigenvalue weighted by atomic mass is 16.5. The Bertz CT molecular complexity index is 1330. The molecule has 1 aliphatic heterocycles. The van der Waals surface area contributed by atoms with E-state index in [9.17, 15) is 24.6 Å². The number of carbonyl (C=O) groups is 3. The molecule has 0 aliphatic carbocycles. The molecule has 2 atom stereocenters. The zero-order chi connectivity index (χ0) is 32.2. The van der Waals surface area contributed by atoms with Gasteiger partial charge in [0.05, 0.1) is 27.4 Å². The van der Waals surface area contributed by atoms with Gasteiger partial charge < -0.3 is 39.6 Å². The van der Waals surface area contributed by atoms with Crippen molar-refractivity contribution in [1.29, 1.82) is 0 Å². The maximum Gasteiger partial charge on any atom is 0.342 e. The van der Waals surface area contributed by atoms with E-state index in [2.05, 4.69) is 5.32 Å². The molecule has 0 aromatic heterocycles. The van der Waals surface area contributed by atoms with Crippen molar-refractivity contribution in [3.63, 3.8) is 0 Å². The molecule has 0 saturated heterocycles. The van der Waals surface area contributed by atoms with Crippen molar-refractivity contribution in [2.45, 2.75) is 70.3 Å². The number of ketones is 1. The second-order valence-electron chi connectivity index (χ2n) is 10.7. The molecule has 0 fully saturated rings. The van der Waals surface area contributed by atoms with Crippen LogP contribution in [-0.2, 0) is 14.3 Å². The number of benzene rings is 2. The third-order valence-electron chi connectivity index (χ3n) is 7.54. The molecule has 1 unspecified atom stereocenters. The summed E-state index contributed by atoms with van der Waals surface area (Å²) in [4.78, 5) is 38.8. The summed E-state index contributed by atoms with van der Waals surface area (Å²) in [5.74, 6) is -2.00. The van der Waals surface area contributed by atoms with E-state index in [-0.39, 0.29) is 47.8 Å². The third kappa shape index (κ3) is 8.66. The van der Waals surface area contributed by atoms with E-state index in [0.29, 0.717) is 67.8 Å². The van der Waals surface area contributed by atoms with E-state index in [1.165, 1.54) is 27.4 Å². The first-order valence-electron chi connectivity index (χ1n) is 14.8. The van der Waals surface area contributed by atoms with Crippen LogP contribution in [0.2, 0.25) is 0 Å². The van der Waals surface area contributed by atoms with Gasteiger partial charge in [-0.3, -0.25) is 9.59 Å². The monoisotopic (exact) mass is 613 g/mol. The fourth-order valence-corrected chi connectivity index (χ4v) is 5.27. The maximum atomic E-state index is 13.6. The second kappa shape index (κ2) is 16.6. The lowest BCUT2D eigenvalue weighted by atomic mass is 9.84. The number of phenols is 2. The van der Waals surface area contributed by atoms with Crippen molar-refractivity contribution in [3.05, 3.63) is 46.5 Å². The van der Waals surface area contributed by atoms with Crippen molar-refractivity contribution in [2.24, 2.45) is 0 Å². The standard InChI is InChI=1S/C33H43NO10/c1-20-10-8-13-23(36)12-7-5-6-11-21-16-25(37)30(31(39)29(21)33(40)44-20)24(19-28(38)34-14-9-15-35)22-17-26(41-2)32(43-4)27(18-22)42-3/h6,11,16-18,20,24,35,37,39H,5,7-10,12-15,19H2,1-4H3,(H,34,38)/t20-,24?/m0/s1. The molecule has 11 heteroatoms. The van der Waals surface area contributed by atoms with Crippen LogP contribution in [0, 0.1) is 0 Å². The van der Waals surface area contributed by atoms with Crippen LogP contribution in [0.1, 0.15) is 91.3 Å². The molecule has 0 spiro atoms. The number of carbonyl (C=O) groups excluding carboxylic acids is 3. The number of cyclic esters (lactones) is 1. The summed E-state index contributed by atoms with van der Waals surface area (Å²) in [6.45, 7) is 1.84. The summed E-state index contributed by atoms with van der Waals surface area (Å²) >= 11 is 0. The highest BCUT2D eigenvalue weighted by Crippen LogP contribution is 2.47. The number of aromatic hydroxyl groups is 2. The molecule has 0 radical (unpaired) electrons. The Balaban J connectivity index is 2.21. The number of hydrogen-bond donors (Lipinski definition) is 4. The molecule has 1 aliphatic rings. The topological polar surface area (TPSA) is 161 Å². The van der Waals surface area contributed by atoms with Crippen molar-refractivity contribution < 1.29 is 48.7 Å². The number of nitrogens with one attached hydrogen (secondary N) is 1. The van der Waals surface area contributed by atoms with Gasteiger partial charge in [0.25, 0.3) is 0 Å². The van der Waals surface area contributed by atoms with Crippen molar-refractivity contribution >= 4 is 23.7 Å². The highest BCUT2D eigenvalue weighted by molar-refractivity contribution is 5.98. The van der Waals surface area contributed by atoms with E-state index in [1.54, 1.807) is 31.2 Å². The van der Waals surface area contributed by atoms with Crippen molar-refractivity contribution in [1.82, 2.24) is 5.32 Å². The summed E-state index contributed by atoms with van der Waals surface area (Å²) in [6, 6.07) is 4.58. The predicted octanol–water partition coefficient (Wildman–Crippen LogP) is 4.63. The van der Waals surface area contributed by atoms with Gasteiger partial charge in [0.1, 0.15) is 22.8 Å². The van der Waals surface area contributed by atoms with E-state index in [1.807, 2.05) is 0 Å². The molecule has 44 heavy (non-hydrogen) atoms. The molecule has 1 heterocycles. The molecule has 2 aromatic carbocycles. The number of esters is 1. The van der Waals surface area contributed by atoms with Gasteiger partial charge in [-0.15, -0.1) is 0 Å². The number of amides is 1. The number of fused-ring (bicyclic) bond motifs is 1. The molecular formula is C33H43NO10. The number of hydrogen-bond acceptors (Lipinski definition) is 10. The van der Waals surface area contributed by atoms with E-state index < -0.39 is 29.6 Å². The molecule has 3 rings (SSSR count). The van der Waals surface area contributed by atoms with Crippen LogP contribution in [0.5, 0.6) is 28.7 Å². The number of aliphatic hydroxyl groups excluding tert-OH is 1. The number of allylic oxidation sites excluding steroid dienone is 1. The number of Topliss-reactive ketones (excluding diaryl/α,β-unsaturated/α-hetero) is 1. The van der Waals surface area contributed by atoms with E-state index in [0.717, 1.165) is 0 Å². The fraction of sp³-hybridized carbons (Fsp3) is 0.485. The molecule has 4 N–H and O–H groups in total. The van der Waals surface area contributed by atoms with Crippen LogP contribution in [0.3, 0.4) is 0 Å². The molecule has 240 valence electrons. The Morgan fingerprint density at radius 2 is 1.73 bits per heavy atom. The Labute approximate surface area is 257 Å². The molecular weight excluding hydrogens is 570 g/mol. The lowest BCUT2D eigenvalue weighted by Gasteiger charge is -2.24. The minimum Gasteiger partial charge on any atom is -0.507 e. The zero-order valence-electron chi connectivity index (χ0n) is 25.8. The molecule has 0 saturated carbocycles. The fourth-order valence-electron chi connectivity index (χ4n) is 5.27. The number of phenolic OH excluding ortho intramolecular Hbond substituents is 2. The summed E-state index contributed by atoms with van der Waals surface area (Å²) in [6.07, 6.45) is 6.04. The zero-order valence-corrected chi connectivity index (χ0v) is 25.8. The summed E-state index contributed by atoms with van der Waals surface area (Å²) < 4.78 is 22.1. The van der Waals surface area contributed by atoms with Crippen LogP contribution < -0.4 is 19.5 Å². The summed E-state index contributed by atoms with van der Waals surface area (Å²) in [5, 5.41) is 35.0. The van der Waals surface area contributed by atoms with Gasteiger partial charge in [-0.05, 0) is 68.4 Å². The first-order chi connectivity index (χ1) is 21.1. The quantitative estimate of drug-likeness (QED) is 0.220. The first kappa shape index (κ1) is 34.2. The highest BCUT2D eigenvalue weighted by Gasteiger charge is 2.32. The minimum absolute atomic E-state index is 0.0555. The van der Waals surface area contributed by atoms with E-state index >= 15 is 0 Å². The Hall–Kier alpha value is -4.25. The normalized spacial score (nSPS) is 16.7. The average molecular weight is 614 g/mol. The Morgan fingerprint density at radius 3 is 2.36 bits per heavy atom. The largest absolute Gasteiger partial charge is 0.507 e. The number of aliphatic hydroxyl groups is 1. The molecule has 11 nitrogen and oxygen atoms in total. The van der Waals surface area contributed by atoms with Gasteiger partial charge in [0, 0.05) is 43.9 Å². The Morgan fingerprint density at radius 1 is 1.05 bits per heavy atom. The van der Waals surface area contributed by atoms with Gasteiger partial charge >= 0.3 is 5.97 Å². The van der Waals surface area contributed by atoms with Crippen molar-refractivity contribution in [2.75, 3.05) is 34.5 Å². The molecule has 2 aromatic rings. The smallest absolute Gasteiger partial charge is 0.342 e. The van der Waals surface area contributed by atoms with E-state index in [4.69, 9.17) is 24.1 Å². The van der Waals surface area contributed by atoms with Crippen LogP contribution in [-0.4, -0.2) is 73.6 Å². The lowest BCUT2D eigenvalue weighted by Crippen LogP contribution is -2.27. The third-order valence-corrected chi connectivity index (χ3v) is 7.54. The predicted molar refractivity (Wildman–Crippen MR) is 164 cm³/mol. The molecule has 0 bridgehead atoms. The molecule has 1 amide bonds. The van der Waals surface area contributed by atoms with Gasteiger partial charge in [0.15, 0.2) is 11.5 Å². The number of rotatable bonds is 10. The Kier molecular flexibility index (Phi) is 12.9. The van der Waals surface area contributed by atoms with Crippen LogP contribution in [0.25, 0.3) is 6.08 Å². The van der Waals surface area contributed by atoms with Gasteiger partial charge in [-0.2, -0.15) is 0 Å². The first-order valence-corrected chi connectivity index (χ1v) is 14.8. The SMILES string of the molecule is COc1cc(C(CC(=O)NCCCO)c2c(O)cc3c(c2O)C(=O)O[C@@H](C)CCCC(=O)CCCC=C3)cc(OC)c1OC. The maximum absolute atomic E-state index is 13.6. The number of methoxy groups -OCH3 is 3. The number of ether oxygens (including phenoxy) is 4. The van der Waals surface area contributed by atoms with Crippen LogP contribution in [0.15, 0.2) is 24.3 Å². The van der Waals surface area contributed by atoms with Crippen LogP contribution in [0.4, 0.5) is 0 Å². The van der Waals surface area contributed by atoms with Gasteiger partial charge in [-0.25, -0.2) is 4.79 Å².